The second-order valence-corrected chi connectivity index (χ2v) is 6.02. The molecule has 6 nitrogen and oxygen atoms in total. The largest absolute Gasteiger partial charge is 0.381 e. The van der Waals surface area contributed by atoms with Crippen molar-refractivity contribution in [1.82, 2.24) is 10.6 Å². The monoisotopic (exact) mass is 453 g/mol. The number of nitrogens with one attached hydrogen (secondary N) is 2. The molecule has 0 aromatic heterocycles. The van der Waals surface area contributed by atoms with Gasteiger partial charge in [-0.15, -0.1) is 24.0 Å². The van der Waals surface area contributed by atoms with Crippen LogP contribution in [0.2, 0.25) is 0 Å². The van der Waals surface area contributed by atoms with Crippen LogP contribution in [0.3, 0.4) is 0 Å². The Hall–Kier alpha value is -0.380. The van der Waals surface area contributed by atoms with E-state index in [0.29, 0.717) is 5.92 Å². The van der Waals surface area contributed by atoms with Crippen LogP contribution < -0.4 is 10.6 Å². The summed E-state index contributed by atoms with van der Waals surface area (Å²) in [5.74, 6) is 1.46. The van der Waals surface area contributed by atoms with Crippen LogP contribution in [0.1, 0.15) is 25.7 Å². The van der Waals surface area contributed by atoms with Gasteiger partial charge in [-0.2, -0.15) is 0 Å². The Morgan fingerprint density at radius 3 is 2.88 bits per heavy atom. The number of rotatable bonds is 9. The normalized spacial score (nSPS) is 21.1. The van der Waals surface area contributed by atoms with Gasteiger partial charge < -0.3 is 24.8 Å². The fourth-order valence-electron chi connectivity index (χ4n) is 2.70. The lowest BCUT2D eigenvalue weighted by Crippen LogP contribution is -2.38. The van der Waals surface area contributed by atoms with Crippen LogP contribution in [-0.4, -0.2) is 65.7 Å². The maximum Gasteiger partial charge on any atom is 0.190 e. The van der Waals surface area contributed by atoms with Crippen molar-refractivity contribution in [2.75, 3.05) is 59.8 Å². The Labute approximate surface area is 162 Å². The van der Waals surface area contributed by atoms with Crippen molar-refractivity contribution < 1.29 is 14.2 Å². The lowest BCUT2D eigenvalue weighted by molar-refractivity contribution is 0.0888. The first kappa shape index (κ1) is 21.7. The fraction of sp³-hybridized carbons (Fsp3) is 0.824. The fourth-order valence-corrected chi connectivity index (χ4v) is 2.70. The van der Waals surface area contributed by atoms with Crippen molar-refractivity contribution in [3.05, 3.63) is 11.6 Å². The average molecular weight is 453 g/mol. The highest BCUT2D eigenvalue weighted by molar-refractivity contribution is 14.0. The number of aliphatic imine (C=N–C) groups is 1. The van der Waals surface area contributed by atoms with Gasteiger partial charge in [0.1, 0.15) is 0 Å². The molecule has 1 atom stereocenters. The lowest BCUT2D eigenvalue weighted by atomic mass is 10.1. The van der Waals surface area contributed by atoms with Crippen molar-refractivity contribution in [2.45, 2.75) is 25.7 Å². The van der Waals surface area contributed by atoms with E-state index in [-0.39, 0.29) is 24.0 Å². The van der Waals surface area contributed by atoms with Gasteiger partial charge in [0, 0.05) is 39.3 Å². The van der Waals surface area contributed by atoms with Gasteiger partial charge in [-0.25, -0.2) is 0 Å². The molecule has 2 aliphatic heterocycles. The van der Waals surface area contributed by atoms with E-state index in [2.05, 4.69) is 21.7 Å². The lowest BCUT2D eigenvalue weighted by Gasteiger charge is -2.15. The van der Waals surface area contributed by atoms with Crippen LogP contribution in [-0.2, 0) is 14.2 Å². The molecule has 0 aromatic rings. The molecule has 0 amide bonds. The molecule has 2 N–H and O–H groups in total. The van der Waals surface area contributed by atoms with E-state index in [0.717, 1.165) is 84.4 Å². The molecule has 0 aromatic carbocycles. The van der Waals surface area contributed by atoms with Gasteiger partial charge >= 0.3 is 0 Å². The molecular weight excluding hydrogens is 421 g/mol. The highest BCUT2D eigenvalue weighted by Gasteiger charge is 2.15. The number of ether oxygens (including phenoxy) is 3. The predicted octanol–water partition coefficient (Wildman–Crippen LogP) is 1.95. The molecular formula is C17H32IN3O3. The van der Waals surface area contributed by atoms with Gasteiger partial charge in [0.05, 0.1) is 26.4 Å². The first-order valence-corrected chi connectivity index (χ1v) is 8.74. The Morgan fingerprint density at radius 2 is 2.17 bits per heavy atom. The first-order valence-electron chi connectivity index (χ1n) is 8.74. The topological polar surface area (TPSA) is 64.1 Å². The number of hydrogen-bond acceptors (Lipinski definition) is 4. The van der Waals surface area contributed by atoms with Crippen LogP contribution >= 0.6 is 24.0 Å². The summed E-state index contributed by atoms with van der Waals surface area (Å²) in [6.45, 7) is 6.75. The molecule has 0 bridgehead atoms. The van der Waals surface area contributed by atoms with Crippen LogP contribution in [0, 0.1) is 5.92 Å². The van der Waals surface area contributed by atoms with Gasteiger partial charge in [0.25, 0.3) is 0 Å². The van der Waals surface area contributed by atoms with E-state index >= 15 is 0 Å². The smallest absolute Gasteiger partial charge is 0.190 e. The molecule has 7 heteroatoms. The van der Waals surface area contributed by atoms with Crippen LogP contribution in [0.15, 0.2) is 16.6 Å². The van der Waals surface area contributed by atoms with Gasteiger partial charge in [0.15, 0.2) is 5.96 Å². The van der Waals surface area contributed by atoms with Crippen molar-refractivity contribution in [1.29, 1.82) is 0 Å². The highest BCUT2D eigenvalue weighted by atomic mass is 127. The minimum atomic E-state index is 0. The summed E-state index contributed by atoms with van der Waals surface area (Å²) < 4.78 is 16.3. The summed E-state index contributed by atoms with van der Waals surface area (Å²) in [5, 5.41) is 6.68. The minimum absolute atomic E-state index is 0. The summed E-state index contributed by atoms with van der Waals surface area (Å²) in [5.41, 5.74) is 1.48. The third-order valence-corrected chi connectivity index (χ3v) is 4.15. The molecule has 0 spiro atoms. The Kier molecular flexibility index (Phi) is 12.5. The van der Waals surface area contributed by atoms with E-state index in [1.54, 1.807) is 7.05 Å². The molecule has 140 valence electrons. The van der Waals surface area contributed by atoms with E-state index in [4.69, 9.17) is 14.2 Å². The second kappa shape index (κ2) is 13.9. The highest BCUT2D eigenvalue weighted by Crippen LogP contribution is 2.12. The molecule has 0 radical (unpaired) electrons. The predicted molar refractivity (Wildman–Crippen MR) is 107 cm³/mol. The number of hydrogen-bond donors (Lipinski definition) is 2. The van der Waals surface area contributed by atoms with Crippen LogP contribution in [0.25, 0.3) is 0 Å². The quantitative estimate of drug-likeness (QED) is 0.184. The summed E-state index contributed by atoms with van der Waals surface area (Å²) in [4.78, 5) is 4.24. The van der Waals surface area contributed by atoms with Crippen molar-refractivity contribution >= 4 is 29.9 Å². The molecule has 0 saturated carbocycles. The van der Waals surface area contributed by atoms with Gasteiger partial charge in [-0.3, -0.25) is 4.99 Å². The van der Waals surface area contributed by atoms with Crippen molar-refractivity contribution in [3.8, 4) is 0 Å². The molecule has 24 heavy (non-hydrogen) atoms. The summed E-state index contributed by atoms with van der Waals surface area (Å²) in [6.07, 6.45) is 6.41. The number of nitrogens with zero attached hydrogens (tertiary/aromatic N) is 1. The van der Waals surface area contributed by atoms with Gasteiger partial charge in [-0.1, -0.05) is 11.6 Å². The minimum Gasteiger partial charge on any atom is -0.381 e. The summed E-state index contributed by atoms with van der Waals surface area (Å²) >= 11 is 0. The Morgan fingerprint density at radius 1 is 1.29 bits per heavy atom. The zero-order chi connectivity index (χ0) is 16.2. The molecule has 0 aliphatic carbocycles. The SMILES string of the molecule is CN=C(NCCCOCC1CCOC1)NCCC1=CCOCC1.I. The Bertz CT molecular complexity index is 385. The second-order valence-electron chi connectivity index (χ2n) is 6.02. The van der Waals surface area contributed by atoms with Crippen molar-refractivity contribution in [2.24, 2.45) is 10.9 Å². The Balaban J connectivity index is 0.00000288. The summed E-state index contributed by atoms with van der Waals surface area (Å²) in [7, 11) is 1.81. The van der Waals surface area contributed by atoms with Gasteiger partial charge in [-0.05, 0) is 25.7 Å². The van der Waals surface area contributed by atoms with Crippen LogP contribution in [0.4, 0.5) is 0 Å². The third-order valence-electron chi connectivity index (χ3n) is 4.15. The molecule has 1 saturated heterocycles. The molecule has 2 aliphatic rings. The number of halogens is 1. The summed E-state index contributed by atoms with van der Waals surface area (Å²) in [6, 6.07) is 0. The van der Waals surface area contributed by atoms with Crippen LogP contribution in [0.5, 0.6) is 0 Å². The standard InChI is InChI=1S/C17H31N3O3.HI/c1-18-17(20-8-3-15-4-10-21-11-5-15)19-7-2-9-22-13-16-6-12-23-14-16;/h4,16H,2-3,5-14H2,1H3,(H2,18,19,20);1H. The first-order chi connectivity index (χ1) is 11.4. The van der Waals surface area contributed by atoms with E-state index in [1.165, 1.54) is 5.57 Å². The zero-order valence-corrected chi connectivity index (χ0v) is 17.1. The average Bonchev–Trinajstić information content (AvgIpc) is 3.10. The van der Waals surface area contributed by atoms with E-state index < -0.39 is 0 Å². The molecule has 1 fully saturated rings. The van der Waals surface area contributed by atoms with E-state index in [9.17, 15) is 0 Å². The molecule has 1 unspecified atom stereocenters. The van der Waals surface area contributed by atoms with E-state index in [1.807, 2.05) is 0 Å². The molecule has 2 rings (SSSR count). The third kappa shape index (κ3) is 9.19. The van der Waals surface area contributed by atoms with Gasteiger partial charge in [0.2, 0.25) is 0 Å². The van der Waals surface area contributed by atoms with Crippen molar-refractivity contribution in [3.63, 3.8) is 0 Å². The maximum atomic E-state index is 5.69. The number of guanidine groups is 1. The maximum absolute atomic E-state index is 5.69. The zero-order valence-electron chi connectivity index (χ0n) is 14.7. The molecule has 2 heterocycles.